The van der Waals surface area contributed by atoms with Crippen molar-refractivity contribution in [3.8, 4) is 29.0 Å². The van der Waals surface area contributed by atoms with Crippen LogP contribution in [0.3, 0.4) is 0 Å². The zero-order chi connectivity index (χ0) is 18.5. The summed E-state index contributed by atoms with van der Waals surface area (Å²) in [7, 11) is 0. The van der Waals surface area contributed by atoms with Crippen molar-refractivity contribution in [2.45, 2.75) is 20.8 Å². The number of rotatable bonds is 3. The van der Waals surface area contributed by atoms with Crippen LogP contribution in [0, 0.1) is 25.7 Å². The van der Waals surface area contributed by atoms with Crippen LogP contribution in [-0.2, 0) is 4.74 Å². The minimum absolute atomic E-state index is 0.147. The number of carbonyl (C=O) groups excluding carboxylic acids is 1. The predicted molar refractivity (Wildman–Crippen MR) is 97.2 cm³/mol. The van der Waals surface area contributed by atoms with Gasteiger partial charge in [-0.3, -0.25) is 0 Å². The van der Waals surface area contributed by atoms with Crippen LogP contribution in [0.2, 0.25) is 0 Å². The van der Waals surface area contributed by atoms with E-state index >= 15 is 0 Å². The number of aromatic nitrogens is 2. The molecule has 0 unspecified atom stereocenters. The highest BCUT2D eigenvalue weighted by Crippen LogP contribution is 2.27. The SMILES string of the molecule is CCOC(=O)Oc1nc(C)sc1C#Cc1c(-c2ccccc2)noc1C. The molecular formula is C19H16N2O4S. The maximum Gasteiger partial charge on any atom is 0.515 e. The summed E-state index contributed by atoms with van der Waals surface area (Å²) >= 11 is 1.34. The lowest BCUT2D eigenvalue weighted by atomic mass is 10.1. The van der Waals surface area contributed by atoms with Gasteiger partial charge in [0.1, 0.15) is 16.3 Å². The van der Waals surface area contributed by atoms with Gasteiger partial charge < -0.3 is 14.0 Å². The Morgan fingerprint density at radius 3 is 2.73 bits per heavy atom. The van der Waals surface area contributed by atoms with Gasteiger partial charge in [-0.25, -0.2) is 9.78 Å². The molecule has 0 saturated heterocycles. The quantitative estimate of drug-likeness (QED) is 0.505. The molecule has 6 nitrogen and oxygen atoms in total. The van der Waals surface area contributed by atoms with Crippen molar-refractivity contribution < 1.29 is 18.8 Å². The number of nitrogens with zero attached hydrogens (tertiary/aromatic N) is 2. The highest BCUT2D eigenvalue weighted by Gasteiger charge is 2.16. The number of ether oxygens (including phenoxy) is 2. The monoisotopic (exact) mass is 368 g/mol. The molecule has 0 radical (unpaired) electrons. The summed E-state index contributed by atoms with van der Waals surface area (Å²) in [6, 6.07) is 9.66. The van der Waals surface area contributed by atoms with Gasteiger partial charge in [0.2, 0.25) is 0 Å². The Morgan fingerprint density at radius 1 is 1.23 bits per heavy atom. The highest BCUT2D eigenvalue weighted by molar-refractivity contribution is 7.12. The Labute approximate surface area is 154 Å². The average Bonchev–Trinajstić information content (AvgIpc) is 3.16. The number of benzene rings is 1. The van der Waals surface area contributed by atoms with Crippen LogP contribution in [0.15, 0.2) is 34.9 Å². The average molecular weight is 368 g/mol. The third-order valence-corrected chi connectivity index (χ3v) is 4.22. The smallest absolute Gasteiger partial charge is 0.434 e. The minimum atomic E-state index is -0.799. The van der Waals surface area contributed by atoms with Crippen LogP contribution < -0.4 is 4.74 Å². The topological polar surface area (TPSA) is 74.5 Å². The largest absolute Gasteiger partial charge is 0.515 e. The van der Waals surface area contributed by atoms with Gasteiger partial charge in [-0.1, -0.05) is 41.4 Å². The summed E-state index contributed by atoms with van der Waals surface area (Å²) in [5.41, 5.74) is 2.27. The molecule has 2 aromatic heterocycles. The molecule has 3 aromatic rings. The van der Waals surface area contributed by atoms with Gasteiger partial charge in [-0.15, -0.1) is 11.3 Å². The predicted octanol–water partition coefficient (Wildman–Crippen LogP) is 4.35. The normalized spacial score (nSPS) is 10.1. The number of hydrogen-bond donors (Lipinski definition) is 0. The van der Waals surface area contributed by atoms with Crippen molar-refractivity contribution in [3.05, 3.63) is 51.5 Å². The molecule has 132 valence electrons. The van der Waals surface area contributed by atoms with Crippen molar-refractivity contribution in [3.63, 3.8) is 0 Å². The maximum absolute atomic E-state index is 11.5. The van der Waals surface area contributed by atoms with E-state index in [0.29, 0.717) is 21.9 Å². The summed E-state index contributed by atoms with van der Waals surface area (Å²) in [4.78, 5) is 16.3. The molecule has 0 aliphatic heterocycles. The molecular weight excluding hydrogens is 352 g/mol. The molecule has 26 heavy (non-hydrogen) atoms. The number of carbonyl (C=O) groups is 1. The van der Waals surface area contributed by atoms with Crippen LogP contribution in [-0.4, -0.2) is 22.9 Å². The molecule has 0 aliphatic carbocycles. The molecule has 0 amide bonds. The van der Waals surface area contributed by atoms with E-state index in [9.17, 15) is 4.79 Å². The summed E-state index contributed by atoms with van der Waals surface area (Å²) in [5.74, 6) is 6.84. The van der Waals surface area contributed by atoms with Crippen LogP contribution in [0.4, 0.5) is 4.79 Å². The highest BCUT2D eigenvalue weighted by atomic mass is 32.1. The Bertz CT molecular complexity index is 980. The standard InChI is InChI=1S/C19H16N2O4S/c1-4-23-19(22)24-18-16(26-13(3)20-18)11-10-15-12(2)25-21-17(15)14-8-6-5-7-9-14/h5-9H,4H2,1-3H3. The van der Waals surface area contributed by atoms with E-state index < -0.39 is 6.16 Å². The molecule has 0 fully saturated rings. The van der Waals surface area contributed by atoms with Crippen molar-refractivity contribution in [2.24, 2.45) is 0 Å². The number of hydrogen-bond acceptors (Lipinski definition) is 7. The third-order valence-electron chi connectivity index (χ3n) is 3.36. The Balaban J connectivity index is 1.94. The molecule has 0 bridgehead atoms. The van der Waals surface area contributed by atoms with E-state index in [1.54, 1.807) is 13.8 Å². The van der Waals surface area contributed by atoms with Crippen molar-refractivity contribution in [1.82, 2.24) is 10.1 Å². The Kier molecular flexibility index (Phi) is 5.34. The van der Waals surface area contributed by atoms with E-state index in [-0.39, 0.29) is 12.5 Å². The van der Waals surface area contributed by atoms with E-state index in [1.165, 1.54) is 11.3 Å². The van der Waals surface area contributed by atoms with Gasteiger partial charge in [0.05, 0.1) is 17.2 Å². The lowest BCUT2D eigenvalue weighted by Gasteiger charge is -2.00. The molecule has 0 atom stereocenters. The van der Waals surface area contributed by atoms with E-state index in [0.717, 1.165) is 10.6 Å². The van der Waals surface area contributed by atoms with Gasteiger partial charge in [-0.05, 0) is 26.7 Å². The minimum Gasteiger partial charge on any atom is -0.434 e. The second-order valence-electron chi connectivity index (χ2n) is 5.23. The zero-order valence-corrected chi connectivity index (χ0v) is 15.3. The van der Waals surface area contributed by atoms with Crippen molar-refractivity contribution in [2.75, 3.05) is 6.61 Å². The van der Waals surface area contributed by atoms with Gasteiger partial charge in [-0.2, -0.15) is 0 Å². The van der Waals surface area contributed by atoms with Crippen molar-refractivity contribution in [1.29, 1.82) is 0 Å². The van der Waals surface area contributed by atoms with Crippen LogP contribution in [0.1, 0.15) is 28.1 Å². The summed E-state index contributed by atoms with van der Waals surface area (Å²) in [6.45, 7) is 5.54. The lowest BCUT2D eigenvalue weighted by molar-refractivity contribution is 0.103. The second-order valence-corrected chi connectivity index (χ2v) is 6.43. The number of thiazole rings is 1. The summed E-state index contributed by atoms with van der Waals surface area (Å²) < 4.78 is 15.2. The molecule has 3 rings (SSSR count). The summed E-state index contributed by atoms with van der Waals surface area (Å²) in [5, 5.41) is 4.84. The van der Waals surface area contributed by atoms with Crippen molar-refractivity contribution >= 4 is 17.5 Å². The molecule has 0 N–H and O–H groups in total. The molecule has 2 heterocycles. The first-order valence-corrected chi connectivity index (χ1v) is 8.76. The van der Waals surface area contributed by atoms with Gasteiger partial charge in [0.15, 0.2) is 0 Å². The third kappa shape index (κ3) is 3.92. The van der Waals surface area contributed by atoms with E-state index in [4.69, 9.17) is 14.0 Å². The molecule has 1 aromatic carbocycles. The van der Waals surface area contributed by atoms with Gasteiger partial charge >= 0.3 is 6.16 Å². The first-order valence-electron chi connectivity index (χ1n) is 7.94. The Morgan fingerprint density at radius 2 is 2.00 bits per heavy atom. The molecule has 0 saturated carbocycles. The molecule has 0 aliphatic rings. The first kappa shape index (κ1) is 17.7. The fraction of sp³-hybridized carbons (Fsp3) is 0.211. The van der Waals surface area contributed by atoms with Crippen LogP contribution in [0.5, 0.6) is 5.88 Å². The van der Waals surface area contributed by atoms with Crippen LogP contribution >= 0.6 is 11.3 Å². The fourth-order valence-corrected chi connectivity index (χ4v) is 2.91. The maximum atomic E-state index is 11.5. The lowest BCUT2D eigenvalue weighted by Crippen LogP contribution is -2.10. The van der Waals surface area contributed by atoms with Gasteiger partial charge in [0.25, 0.3) is 5.88 Å². The zero-order valence-electron chi connectivity index (χ0n) is 14.5. The van der Waals surface area contributed by atoms with E-state index in [1.807, 2.05) is 37.3 Å². The van der Waals surface area contributed by atoms with Gasteiger partial charge in [0, 0.05) is 5.56 Å². The molecule has 0 spiro atoms. The number of aryl methyl sites for hydroxylation is 2. The fourth-order valence-electron chi connectivity index (χ4n) is 2.21. The summed E-state index contributed by atoms with van der Waals surface area (Å²) in [6.07, 6.45) is -0.799. The molecule has 7 heteroatoms. The Hall–Kier alpha value is -3.11. The van der Waals surface area contributed by atoms with Crippen LogP contribution in [0.25, 0.3) is 11.3 Å². The first-order chi connectivity index (χ1) is 12.6. The second kappa shape index (κ2) is 7.85. The van der Waals surface area contributed by atoms with E-state index in [2.05, 4.69) is 22.0 Å².